The zero-order chi connectivity index (χ0) is 17.8. The van der Waals surface area contributed by atoms with E-state index in [0.29, 0.717) is 13.1 Å². The molecule has 2 heterocycles. The van der Waals surface area contributed by atoms with Crippen LogP contribution in [0.3, 0.4) is 0 Å². The van der Waals surface area contributed by atoms with Crippen molar-refractivity contribution in [3.8, 4) is 5.75 Å². The second kappa shape index (κ2) is 7.38. The molecular weight excluding hydrogens is 320 g/mol. The topological polar surface area (TPSA) is 101 Å². The number of H-pyrrole nitrogens is 1. The van der Waals surface area contributed by atoms with Crippen LogP contribution in [0.2, 0.25) is 0 Å². The molecule has 3 rings (SSSR count). The van der Waals surface area contributed by atoms with Crippen molar-refractivity contribution in [3.63, 3.8) is 0 Å². The number of primary amides is 1. The molecule has 1 fully saturated rings. The number of ether oxygens (including phenoxy) is 1. The molecule has 0 bridgehead atoms. The monoisotopic (exact) mass is 342 g/mol. The maximum absolute atomic E-state index is 12.3. The Morgan fingerprint density at radius 3 is 2.68 bits per heavy atom. The molecule has 25 heavy (non-hydrogen) atoms. The minimum absolute atomic E-state index is 0.0101. The van der Waals surface area contributed by atoms with Crippen molar-refractivity contribution in [1.82, 2.24) is 15.1 Å². The van der Waals surface area contributed by atoms with Crippen molar-refractivity contribution in [3.05, 3.63) is 47.3 Å². The smallest absolute Gasteiger partial charge is 0.269 e. The molecule has 0 saturated carbocycles. The van der Waals surface area contributed by atoms with Crippen LogP contribution in [0.1, 0.15) is 40.5 Å². The van der Waals surface area contributed by atoms with Crippen molar-refractivity contribution in [2.24, 2.45) is 5.73 Å². The number of piperidine rings is 1. The highest BCUT2D eigenvalue weighted by molar-refractivity contribution is 5.90. The zero-order valence-electron chi connectivity index (χ0n) is 14.2. The van der Waals surface area contributed by atoms with Gasteiger partial charge in [0.25, 0.3) is 11.8 Å². The van der Waals surface area contributed by atoms with E-state index in [1.807, 2.05) is 36.1 Å². The molecule has 3 N–H and O–H groups in total. The van der Waals surface area contributed by atoms with Gasteiger partial charge in [0, 0.05) is 24.7 Å². The van der Waals surface area contributed by atoms with Crippen LogP contribution < -0.4 is 10.5 Å². The lowest BCUT2D eigenvalue weighted by Crippen LogP contribution is -2.40. The quantitative estimate of drug-likeness (QED) is 0.862. The number of carbonyl (C=O) groups excluding carboxylic acids is 2. The summed E-state index contributed by atoms with van der Waals surface area (Å²) in [5.41, 5.74) is 7.38. The van der Waals surface area contributed by atoms with E-state index in [1.165, 1.54) is 0 Å². The van der Waals surface area contributed by atoms with Gasteiger partial charge < -0.3 is 15.4 Å². The number of nitrogens with two attached hydrogens (primary N) is 1. The molecular formula is C18H22N4O3. The average Bonchev–Trinajstić information content (AvgIpc) is 3.11. The number of carbonyl (C=O) groups is 2. The Morgan fingerprint density at radius 2 is 2.04 bits per heavy atom. The molecule has 1 aromatic heterocycles. The Balaban J connectivity index is 1.50. The van der Waals surface area contributed by atoms with Gasteiger partial charge in [0.1, 0.15) is 11.4 Å². The number of para-hydroxylation sites is 1. The fourth-order valence-electron chi connectivity index (χ4n) is 3.06. The van der Waals surface area contributed by atoms with Crippen LogP contribution in [0.4, 0.5) is 0 Å². The van der Waals surface area contributed by atoms with Crippen LogP contribution in [0, 0.1) is 6.92 Å². The molecule has 0 aliphatic carbocycles. The molecule has 0 unspecified atom stereocenters. The highest BCUT2D eigenvalue weighted by Gasteiger charge is 2.25. The molecule has 0 atom stereocenters. The van der Waals surface area contributed by atoms with E-state index in [2.05, 4.69) is 10.2 Å². The minimum atomic E-state index is -0.538. The summed E-state index contributed by atoms with van der Waals surface area (Å²) >= 11 is 0. The number of rotatable bonds is 5. The Labute approximate surface area is 146 Å². The van der Waals surface area contributed by atoms with E-state index < -0.39 is 5.91 Å². The summed E-state index contributed by atoms with van der Waals surface area (Å²) < 4.78 is 5.63. The highest BCUT2D eigenvalue weighted by atomic mass is 16.5. The van der Waals surface area contributed by atoms with Crippen molar-refractivity contribution < 1.29 is 14.3 Å². The molecule has 7 nitrogen and oxygen atoms in total. The summed E-state index contributed by atoms with van der Waals surface area (Å²) in [5.74, 6) is 0.441. The fraction of sp³-hybridized carbons (Fsp3) is 0.389. The number of aromatic amines is 1. The van der Waals surface area contributed by atoms with Crippen molar-refractivity contribution in [2.45, 2.75) is 25.7 Å². The van der Waals surface area contributed by atoms with E-state index in [0.717, 1.165) is 29.8 Å². The second-order valence-corrected chi connectivity index (χ2v) is 6.28. The van der Waals surface area contributed by atoms with Gasteiger partial charge in [0.05, 0.1) is 0 Å². The third-order valence-electron chi connectivity index (χ3n) is 4.58. The molecule has 0 spiro atoms. The lowest BCUT2D eigenvalue weighted by molar-refractivity contribution is -0.134. The molecule has 132 valence electrons. The van der Waals surface area contributed by atoms with Gasteiger partial charge in [0.15, 0.2) is 6.61 Å². The Hall–Kier alpha value is -2.83. The molecule has 0 radical (unpaired) electrons. The normalized spacial score (nSPS) is 15.2. The van der Waals surface area contributed by atoms with Crippen LogP contribution >= 0.6 is 0 Å². The second-order valence-electron chi connectivity index (χ2n) is 6.28. The number of benzene rings is 1. The highest BCUT2D eigenvalue weighted by Crippen LogP contribution is 2.27. The lowest BCUT2D eigenvalue weighted by atomic mass is 9.93. The number of likely N-dealkylation sites (tertiary alicyclic amines) is 1. The predicted octanol–water partition coefficient (Wildman–Crippen LogP) is 1.60. The molecule has 2 amide bonds. The van der Waals surface area contributed by atoms with E-state index >= 15 is 0 Å². The van der Waals surface area contributed by atoms with Crippen molar-refractivity contribution in [2.75, 3.05) is 19.7 Å². The van der Waals surface area contributed by atoms with Gasteiger partial charge in [-0.25, -0.2) is 0 Å². The predicted molar refractivity (Wildman–Crippen MR) is 92.3 cm³/mol. The average molecular weight is 342 g/mol. The van der Waals surface area contributed by atoms with Crippen LogP contribution in [0.25, 0.3) is 0 Å². The first-order chi connectivity index (χ1) is 12.0. The maximum atomic E-state index is 12.3. The number of amides is 2. The molecule has 2 aromatic rings. The number of hydrogen-bond acceptors (Lipinski definition) is 4. The molecule has 1 aliphatic rings. The Kier molecular flexibility index (Phi) is 5.02. The third-order valence-corrected chi connectivity index (χ3v) is 4.58. The number of nitrogens with one attached hydrogen (secondary N) is 1. The summed E-state index contributed by atoms with van der Waals surface area (Å²) in [4.78, 5) is 25.3. The Bertz CT molecular complexity index is 763. The third kappa shape index (κ3) is 3.99. The van der Waals surface area contributed by atoms with Crippen LogP contribution in [0.15, 0.2) is 30.3 Å². The number of aromatic nitrogens is 2. The SMILES string of the molecule is Cc1ccccc1OCC(=O)N1CCC(c2cc(C(N)=O)n[nH]2)CC1. The van der Waals surface area contributed by atoms with Crippen molar-refractivity contribution >= 4 is 11.8 Å². The summed E-state index contributed by atoms with van der Waals surface area (Å²) in [6.07, 6.45) is 1.63. The summed E-state index contributed by atoms with van der Waals surface area (Å²) in [6, 6.07) is 9.35. The van der Waals surface area contributed by atoms with Gasteiger partial charge in [-0.15, -0.1) is 0 Å². The molecule has 1 aliphatic heterocycles. The molecule has 7 heteroatoms. The lowest BCUT2D eigenvalue weighted by Gasteiger charge is -2.31. The van der Waals surface area contributed by atoms with Gasteiger partial charge in [-0.05, 0) is 37.5 Å². The summed E-state index contributed by atoms with van der Waals surface area (Å²) in [6.45, 7) is 3.32. The summed E-state index contributed by atoms with van der Waals surface area (Å²) in [5, 5.41) is 6.79. The van der Waals surface area contributed by atoms with Gasteiger partial charge in [-0.3, -0.25) is 14.7 Å². The van der Waals surface area contributed by atoms with Gasteiger partial charge in [-0.1, -0.05) is 18.2 Å². The largest absolute Gasteiger partial charge is 0.484 e. The number of nitrogens with zero attached hydrogens (tertiary/aromatic N) is 2. The van der Waals surface area contributed by atoms with Gasteiger partial charge >= 0.3 is 0 Å². The first-order valence-electron chi connectivity index (χ1n) is 8.36. The van der Waals surface area contributed by atoms with E-state index in [1.54, 1.807) is 6.07 Å². The standard InChI is InChI=1S/C18H22N4O3/c1-12-4-2-3-5-16(12)25-11-17(23)22-8-6-13(7-9-22)14-10-15(18(19)24)21-20-14/h2-5,10,13H,6-9,11H2,1H3,(H2,19,24)(H,20,21). The number of hydrogen-bond donors (Lipinski definition) is 2. The maximum Gasteiger partial charge on any atom is 0.269 e. The zero-order valence-corrected chi connectivity index (χ0v) is 14.2. The van der Waals surface area contributed by atoms with Crippen molar-refractivity contribution in [1.29, 1.82) is 0 Å². The first kappa shape index (κ1) is 17.0. The van der Waals surface area contributed by atoms with E-state index in [9.17, 15) is 9.59 Å². The minimum Gasteiger partial charge on any atom is -0.484 e. The van der Waals surface area contributed by atoms with Gasteiger partial charge in [-0.2, -0.15) is 5.10 Å². The molecule has 1 aromatic carbocycles. The first-order valence-corrected chi connectivity index (χ1v) is 8.36. The van der Waals surface area contributed by atoms with Gasteiger partial charge in [0.2, 0.25) is 0 Å². The molecule has 1 saturated heterocycles. The van der Waals surface area contributed by atoms with Crippen LogP contribution in [0.5, 0.6) is 5.75 Å². The Morgan fingerprint density at radius 1 is 1.32 bits per heavy atom. The van der Waals surface area contributed by atoms with Crippen LogP contribution in [-0.2, 0) is 4.79 Å². The van der Waals surface area contributed by atoms with Crippen LogP contribution in [-0.4, -0.2) is 46.6 Å². The fourth-order valence-corrected chi connectivity index (χ4v) is 3.06. The van der Waals surface area contributed by atoms with E-state index in [-0.39, 0.29) is 24.1 Å². The summed E-state index contributed by atoms with van der Waals surface area (Å²) in [7, 11) is 0. The van der Waals surface area contributed by atoms with E-state index in [4.69, 9.17) is 10.5 Å². The number of aryl methyl sites for hydroxylation is 1.